The van der Waals surface area contributed by atoms with Gasteiger partial charge in [-0.2, -0.15) is 5.10 Å². The Morgan fingerprint density at radius 1 is 1.14 bits per heavy atom. The molecule has 2 aromatic rings. The molecule has 0 unspecified atom stereocenters. The zero-order chi connectivity index (χ0) is 20.8. The van der Waals surface area contributed by atoms with Crippen LogP contribution in [0.25, 0.3) is 5.69 Å². The number of hydrogen-bond donors (Lipinski definition) is 1. The lowest BCUT2D eigenvalue weighted by Gasteiger charge is -2.21. The van der Waals surface area contributed by atoms with Gasteiger partial charge >= 0.3 is 5.97 Å². The maximum absolute atomic E-state index is 12.5. The second-order valence-electron chi connectivity index (χ2n) is 7.90. The molecule has 1 aliphatic rings. The molecule has 0 atom stereocenters. The van der Waals surface area contributed by atoms with Gasteiger partial charge in [0, 0.05) is 24.2 Å². The smallest absolute Gasteiger partial charge is 0.305 e. The molecule has 0 radical (unpaired) electrons. The van der Waals surface area contributed by atoms with E-state index in [2.05, 4.69) is 10.4 Å². The van der Waals surface area contributed by atoms with Gasteiger partial charge in [-0.15, -0.1) is 0 Å². The van der Waals surface area contributed by atoms with Gasteiger partial charge in [0.15, 0.2) is 0 Å². The maximum Gasteiger partial charge on any atom is 0.305 e. The molecule has 1 saturated carbocycles. The number of esters is 1. The van der Waals surface area contributed by atoms with Crippen LogP contribution in [0.5, 0.6) is 0 Å². The molecule has 1 fully saturated rings. The molecule has 0 saturated heterocycles. The van der Waals surface area contributed by atoms with E-state index >= 15 is 0 Å². The number of nitrogens with zero attached hydrogens (tertiary/aromatic N) is 2. The fraction of sp³-hybridized carbons (Fsp3) is 0.522. The lowest BCUT2D eigenvalue weighted by atomic mass is 9.89. The van der Waals surface area contributed by atoms with E-state index in [0.29, 0.717) is 24.3 Å². The molecule has 1 aromatic heterocycles. The zero-order valence-electron chi connectivity index (χ0n) is 17.7. The van der Waals surface area contributed by atoms with Crippen LogP contribution in [0.3, 0.4) is 0 Å². The first-order chi connectivity index (χ1) is 14.0. The average molecular weight is 398 g/mol. The van der Waals surface area contributed by atoms with Crippen LogP contribution in [0.15, 0.2) is 24.3 Å². The number of methoxy groups -OCH3 is 1. The molecular formula is C23H31N3O3. The van der Waals surface area contributed by atoms with Crippen LogP contribution in [0.4, 0.5) is 0 Å². The summed E-state index contributed by atoms with van der Waals surface area (Å²) in [5.74, 6) is 0.375. The number of amides is 1. The van der Waals surface area contributed by atoms with E-state index < -0.39 is 0 Å². The normalized spacial score (nSPS) is 14.6. The second kappa shape index (κ2) is 9.72. The lowest BCUT2D eigenvalue weighted by Crippen LogP contribution is -2.30. The van der Waals surface area contributed by atoms with Gasteiger partial charge in [0.1, 0.15) is 0 Å². The van der Waals surface area contributed by atoms with Crippen LogP contribution in [0, 0.1) is 19.8 Å². The van der Waals surface area contributed by atoms with Crippen molar-refractivity contribution in [2.75, 3.05) is 13.7 Å². The van der Waals surface area contributed by atoms with E-state index in [1.165, 1.54) is 39.2 Å². The molecule has 6 nitrogen and oxygen atoms in total. The number of aryl methyl sites for hydroxylation is 1. The quantitative estimate of drug-likeness (QED) is 0.719. The maximum atomic E-state index is 12.5. The van der Waals surface area contributed by atoms with E-state index in [1.54, 1.807) is 0 Å². The average Bonchev–Trinajstić information content (AvgIpc) is 3.04. The van der Waals surface area contributed by atoms with Crippen LogP contribution in [0.1, 0.15) is 65.8 Å². The van der Waals surface area contributed by atoms with Gasteiger partial charge in [-0.05, 0) is 68.9 Å². The number of rotatable bonds is 7. The molecular weight excluding hydrogens is 366 g/mol. The van der Waals surface area contributed by atoms with Crippen molar-refractivity contribution >= 4 is 11.9 Å². The molecule has 1 amide bonds. The van der Waals surface area contributed by atoms with Gasteiger partial charge in [-0.25, -0.2) is 4.68 Å². The van der Waals surface area contributed by atoms with Gasteiger partial charge < -0.3 is 10.1 Å². The third-order valence-electron chi connectivity index (χ3n) is 5.90. The largest absolute Gasteiger partial charge is 0.469 e. The third-order valence-corrected chi connectivity index (χ3v) is 5.90. The van der Waals surface area contributed by atoms with E-state index in [9.17, 15) is 9.59 Å². The van der Waals surface area contributed by atoms with Gasteiger partial charge in [0.05, 0.1) is 18.5 Å². The lowest BCUT2D eigenvalue weighted by molar-refractivity contribution is -0.140. The van der Waals surface area contributed by atoms with E-state index in [1.807, 2.05) is 42.8 Å². The monoisotopic (exact) mass is 397 g/mol. The molecule has 0 spiro atoms. The predicted octanol–water partition coefficient (Wildman–Crippen LogP) is 3.90. The van der Waals surface area contributed by atoms with Gasteiger partial charge in [-0.1, -0.05) is 19.3 Å². The summed E-state index contributed by atoms with van der Waals surface area (Å²) in [6, 6.07) is 7.52. The highest BCUT2D eigenvalue weighted by Gasteiger charge is 2.16. The van der Waals surface area contributed by atoms with Crippen molar-refractivity contribution in [3.63, 3.8) is 0 Å². The molecule has 0 bridgehead atoms. The van der Waals surface area contributed by atoms with Crippen molar-refractivity contribution in [1.29, 1.82) is 0 Å². The van der Waals surface area contributed by atoms with E-state index in [4.69, 9.17) is 4.74 Å². The first-order valence-electron chi connectivity index (χ1n) is 10.5. The van der Waals surface area contributed by atoms with Gasteiger partial charge in [0.25, 0.3) is 5.91 Å². The molecule has 1 aliphatic carbocycles. The first-order valence-corrected chi connectivity index (χ1v) is 10.5. The summed E-state index contributed by atoms with van der Waals surface area (Å²) < 4.78 is 6.60. The number of ether oxygens (including phenoxy) is 1. The minimum absolute atomic E-state index is 0.0192. The fourth-order valence-electron chi connectivity index (χ4n) is 4.10. The zero-order valence-corrected chi connectivity index (χ0v) is 17.7. The number of carbonyl (C=O) groups excluding carboxylic acids is 2. The van der Waals surface area contributed by atoms with Crippen LogP contribution in [-0.4, -0.2) is 35.3 Å². The molecule has 6 heteroatoms. The molecule has 1 N–H and O–H groups in total. The Bertz CT molecular complexity index is 849. The van der Waals surface area contributed by atoms with Crippen molar-refractivity contribution in [2.45, 2.75) is 58.8 Å². The number of hydrogen-bond acceptors (Lipinski definition) is 4. The summed E-state index contributed by atoms with van der Waals surface area (Å²) in [6.07, 6.45) is 7.25. The molecule has 1 heterocycles. The number of nitrogens with one attached hydrogen (secondary N) is 1. The van der Waals surface area contributed by atoms with Crippen molar-refractivity contribution < 1.29 is 14.3 Å². The predicted molar refractivity (Wildman–Crippen MR) is 112 cm³/mol. The summed E-state index contributed by atoms with van der Waals surface area (Å²) in [5, 5.41) is 7.70. The summed E-state index contributed by atoms with van der Waals surface area (Å²) in [5.41, 5.74) is 4.53. The Labute approximate surface area is 172 Å². The van der Waals surface area contributed by atoms with Gasteiger partial charge in [-0.3, -0.25) is 9.59 Å². The van der Waals surface area contributed by atoms with Crippen LogP contribution >= 0.6 is 0 Å². The first kappa shape index (κ1) is 21.1. The Morgan fingerprint density at radius 2 is 1.83 bits per heavy atom. The number of carbonyl (C=O) groups is 2. The second-order valence-corrected chi connectivity index (χ2v) is 7.90. The topological polar surface area (TPSA) is 73.2 Å². The number of aromatic nitrogens is 2. The molecule has 0 aliphatic heterocycles. The fourth-order valence-corrected chi connectivity index (χ4v) is 4.10. The molecule has 3 rings (SSSR count). The third kappa shape index (κ3) is 5.25. The SMILES string of the molecule is COC(=O)CCc1c(C)nn(-c2ccc(C(=O)NCC3CCCCC3)cc2)c1C. The van der Waals surface area contributed by atoms with Crippen LogP contribution in [0.2, 0.25) is 0 Å². The molecule has 156 valence electrons. The van der Waals surface area contributed by atoms with Gasteiger partial charge in [0.2, 0.25) is 0 Å². The minimum atomic E-state index is -0.222. The standard InChI is InChI=1S/C23H31N3O3/c1-16-21(13-14-22(27)29-3)17(2)26(25-16)20-11-9-19(10-12-20)23(28)24-15-18-7-5-4-6-8-18/h9-12,18H,4-8,13-15H2,1-3H3,(H,24,28). The highest BCUT2D eigenvalue weighted by atomic mass is 16.5. The van der Waals surface area contributed by atoms with Crippen molar-refractivity contribution in [3.05, 3.63) is 46.8 Å². The van der Waals surface area contributed by atoms with E-state index in [-0.39, 0.29) is 11.9 Å². The minimum Gasteiger partial charge on any atom is -0.469 e. The van der Waals surface area contributed by atoms with Crippen LogP contribution in [-0.2, 0) is 16.0 Å². The summed E-state index contributed by atoms with van der Waals surface area (Å²) >= 11 is 0. The van der Waals surface area contributed by atoms with E-state index in [0.717, 1.165) is 29.2 Å². The number of benzene rings is 1. The molecule has 29 heavy (non-hydrogen) atoms. The Morgan fingerprint density at radius 3 is 2.48 bits per heavy atom. The highest BCUT2D eigenvalue weighted by Crippen LogP contribution is 2.23. The van der Waals surface area contributed by atoms with Crippen LogP contribution < -0.4 is 5.32 Å². The molecule has 1 aromatic carbocycles. The van der Waals surface area contributed by atoms with Crippen molar-refractivity contribution in [2.24, 2.45) is 5.92 Å². The van der Waals surface area contributed by atoms with Crippen molar-refractivity contribution in [3.8, 4) is 5.69 Å². The summed E-state index contributed by atoms with van der Waals surface area (Å²) in [4.78, 5) is 23.9. The Balaban J connectivity index is 1.65. The Hall–Kier alpha value is -2.63. The Kier molecular flexibility index (Phi) is 7.07. The summed E-state index contributed by atoms with van der Waals surface area (Å²) in [7, 11) is 1.40. The summed E-state index contributed by atoms with van der Waals surface area (Å²) in [6.45, 7) is 4.71. The highest BCUT2D eigenvalue weighted by molar-refractivity contribution is 5.94. The van der Waals surface area contributed by atoms with Crippen molar-refractivity contribution in [1.82, 2.24) is 15.1 Å².